The van der Waals surface area contributed by atoms with Crippen molar-refractivity contribution in [2.75, 3.05) is 13.2 Å². The average molecular weight is 280 g/mol. The van der Waals surface area contributed by atoms with Crippen LogP contribution in [-0.4, -0.2) is 18.3 Å². The Hall–Kier alpha value is -2.15. The van der Waals surface area contributed by atoms with Crippen molar-refractivity contribution < 1.29 is 5.11 Å². The lowest BCUT2D eigenvalue weighted by Gasteiger charge is -2.07. The first-order valence-corrected chi connectivity index (χ1v) is 7.25. The number of hydrogen-bond acceptors (Lipinski definition) is 3. The van der Waals surface area contributed by atoms with Crippen molar-refractivity contribution >= 4 is 0 Å². The molecule has 0 amide bonds. The highest BCUT2D eigenvalue weighted by atomic mass is 16.2. The van der Waals surface area contributed by atoms with Crippen LogP contribution in [0.15, 0.2) is 48.5 Å². The summed E-state index contributed by atoms with van der Waals surface area (Å²) < 4.78 is 0. The van der Waals surface area contributed by atoms with Crippen molar-refractivity contribution in [2.45, 2.75) is 19.4 Å². The summed E-state index contributed by atoms with van der Waals surface area (Å²) in [6.07, 6.45) is 1.83. The molecule has 3 nitrogen and oxygen atoms in total. The van der Waals surface area contributed by atoms with Crippen molar-refractivity contribution in [3.8, 4) is 17.2 Å². The van der Waals surface area contributed by atoms with Gasteiger partial charge in [-0.3, -0.25) is 0 Å². The van der Waals surface area contributed by atoms with Crippen LogP contribution >= 0.6 is 0 Å². The molecule has 2 aromatic rings. The van der Waals surface area contributed by atoms with E-state index in [0.29, 0.717) is 5.56 Å². The first-order chi connectivity index (χ1) is 10.3. The van der Waals surface area contributed by atoms with E-state index in [9.17, 15) is 0 Å². The van der Waals surface area contributed by atoms with Crippen LogP contribution in [0.2, 0.25) is 0 Å². The van der Waals surface area contributed by atoms with Gasteiger partial charge in [0.15, 0.2) is 0 Å². The third-order valence-electron chi connectivity index (χ3n) is 3.40. The predicted molar refractivity (Wildman–Crippen MR) is 84.6 cm³/mol. The van der Waals surface area contributed by atoms with Crippen molar-refractivity contribution in [1.82, 2.24) is 5.32 Å². The molecule has 0 aliphatic rings. The second-order valence-electron chi connectivity index (χ2n) is 4.96. The van der Waals surface area contributed by atoms with Crippen molar-refractivity contribution in [3.05, 3.63) is 59.7 Å². The molecule has 108 valence electrons. The van der Waals surface area contributed by atoms with Crippen molar-refractivity contribution in [3.63, 3.8) is 0 Å². The zero-order valence-electron chi connectivity index (χ0n) is 12.0. The van der Waals surface area contributed by atoms with Crippen LogP contribution in [0.4, 0.5) is 0 Å². The topological polar surface area (TPSA) is 56.0 Å². The van der Waals surface area contributed by atoms with Crippen LogP contribution in [0.3, 0.4) is 0 Å². The summed E-state index contributed by atoms with van der Waals surface area (Å²) in [7, 11) is 0. The standard InChI is InChI=1S/C18H20N2O/c19-13-17-5-1-2-6-18(17)16-9-7-15(8-10-16)14-20-11-3-4-12-21/h1-2,5-10,20-21H,3-4,11-12,14H2. The van der Waals surface area contributed by atoms with Crippen LogP contribution < -0.4 is 5.32 Å². The van der Waals surface area contributed by atoms with Crippen molar-refractivity contribution in [1.29, 1.82) is 5.26 Å². The number of rotatable bonds is 7. The van der Waals surface area contributed by atoms with Gasteiger partial charge in [-0.05, 0) is 42.1 Å². The summed E-state index contributed by atoms with van der Waals surface area (Å²) >= 11 is 0. The van der Waals surface area contributed by atoms with Gasteiger partial charge in [0.2, 0.25) is 0 Å². The van der Waals surface area contributed by atoms with Crippen molar-refractivity contribution in [2.24, 2.45) is 0 Å². The Bertz CT molecular complexity index is 599. The fourth-order valence-corrected chi connectivity index (χ4v) is 2.23. The zero-order chi connectivity index (χ0) is 14.9. The summed E-state index contributed by atoms with van der Waals surface area (Å²) in [5.74, 6) is 0. The molecule has 0 bridgehead atoms. The molecule has 0 aromatic heterocycles. The van der Waals surface area contributed by atoms with E-state index in [-0.39, 0.29) is 6.61 Å². The van der Waals surface area contributed by atoms with E-state index < -0.39 is 0 Å². The van der Waals surface area contributed by atoms with E-state index in [0.717, 1.165) is 37.1 Å². The first kappa shape index (κ1) is 15.2. The molecule has 0 fully saturated rings. The minimum Gasteiger partial charge on any atom is -0.396 e. The van der Waals surface area contributed by atoms with Gasteiger partial charge in [-0.1, -0.05) is 42.5 Å². The third-order valence-corrected chi connectivity index (χ3v) is 3.40. The maximum absolute atomic E-state index is 9.14. The highest BCUT2D eigenvalue weighted by Gasteiger charge is 2.03. The molecule has 21 heavy (non-hydrogen) atoms. The highest BCUT2D eigenvalue weighted by Crippen LogP contribution is 2.23. The number of hydrogen-bond donors (Lipinski definition) is 2. The molecule has 3 heteroatoms. The number of nitrogens with one attached hydrogen (secondary N) is 1. The third kappa shape index (κ3) is 4.42. The number of aliphatic hydroxyl groups excluding tert-OH is 1. The Morgan fingerprint density at radius 2 is 1.76 bits per heavy atom. The van der Waals surface area contributed by atoms with Crippen LogP contribution in [0, 0.1) is 11.3 Å². The minimum absolute atomic E-state index is 0.259. The zero-order valence-corrected chi connectivity index (χ0v) is 12.0. The number of benzene rings is 2. The Morgan fingerprint density at radius 1 is 1.00 bits per heavy atom. The molecular formula is C18H20N2O. The summed E-state index contributed by atoms with van der Waals surface area (Å²) in [5.41, 5.74) is 3.96. The average Bonchev–Trinajstić information content (AvgIpc) is 2.55. The molecule has 0 saturated carbocycles. The normalized spacial score (nSPS) is 10.3. The van der Waals surface area contributed by atoms with Gasteiger partial charge in [-0.2, -0.15) is 5.26 Å². The van der Waals surface area contributed by atoms with Crippen LogP contribution in [0.5, 0.6) is 0 Å². The SMILES string of the molecule is N#Cc1ccccc1-c1ccc(CNCCCCO)cc1. The van der Waals surface area contributed by atoms with E-state index in [4.69, 9.17) is 10.4 Å². The van der Waals surface area contributed by atoms with Gasteiger partial charge in [0.25, 0.3) is 0 Å². The van der Waals surface area contributed by atoms with Gasteiger partial charge >= 0.3 is 0 Å². The second-order valence-corrected chi connectivity index (χ2v) is 4.96. The number of nitriles is 1. The molecule has 2 aromatic carbocycles. The summed E-state index contributed by atoms with van der Waals surface area (Å²) in [4.78, 5) is 0. The number of nitrogens with zero attached hydrogens (tertiary/aromatic N) is 1. The Balaban J connectivity index is 1.97. The number of aliphatic hydroxyl groups is 1. The van der Waals surface area contributed by atoms with Gasteiger partial charge < -0.3 is 10.4 Å². The maximum Gasteiger partial charge on any atom is 0.0998 e. The van der Waals surface area contributed by atoms with Gasteiger partial charge in [-0.15, -0.1) is 0 Å². The largest absolute Gasteiger partial charge is 0.396 e. The molecule has 0 spiro atoms. The van der Waals surface area contributed by atoms with Gasteiger partial charge in [0.05, 0.1) is 11.6 Å². The van der Waals surface area contributed by atoms with E-state index in [1.807, 2.05) is 24.3 Å². The van der Waals surface area contributed by atoms with E-state index in [1.165, 1.54) is 5.56 Å². The molecule has 0 radical (unpaired) electrons. The van der Waals surface area contributed by atoms with Crippen LogP contribution in [-0.2, 0) is 6.54 Å². The molecule has 2 rings (SSSR count). The summed E-state index contributed by atoms with van der Waals surface area (Å²) in [6, 6.07) is 18.2. The van der Waals surface area contributed by atoms with E-state index in [1.54, 1.807) is 0 Å². The Labute approximate surface area is 125 Å². The maximum atomic E-state index is 9.14. The highest BCUT2D eigenvalue weighted by molar-refractivity contribution is 5.70. The smallest absolute Gasteiger partial charge is 0.0998 e. The fraction of sp³-hybridized carbons (Fsp3) is 0.278. The molecule has 2 N–H and O–H groups in total. The fourth-order valence-electron chi connectivity index (χ4n) is 2.23. The minimum atomic E-state index is 0.259. The monoisotopic (exact) mass is 280 g/mol. The lowest BCUT2D eigenvalue weighted by Crippen LogP contribution is -2.14. The molecule has 0 atom stereocenters. The summed E-state index contributed by atoms with van der Waals surface area (Å²) in [5, 5.41) is 21.2. The predicted octanol–water partition coefficient (Wildman–Crippen LogP) is 3.09. The van der Waals surface area contributed by atoms with Gasteiger partial charge in [0.1, 0.15) is 0 Å². The van der Waals surface area contributed by atoms with Gasteiger partial charge in [0, 0.05) is 13.2 Å². The lowest BCUT2D eigenvalue weighted by atomic mass is 9.99. The van der Waals surface area contributed by atoms with E-state index in [2.05, 4.69) is 35.7 Å². The molecular weight excluding hydrogens is 260 g/mol. The lowest BCUT2D eigenvalue weighted by molar-refractivity contribution is 0.283. The molecule has 0 saturated heterocycles. The van der Waals surface area contributed by atoms with Crippen LogP contribution in [0.1, 0.15) is 24.0 Å². The van der Waals surface area contributed by atoms with Gasteiger partial charge in [-0.25, -0.2) is 0 Å². The van der Waals surface area contributed by atoms with Crippen LogP contribution in [0.25, 0.3) is 11.1 Å². The molecule has 0 aliphatic carbocycles. The Kier molecular flexibility index (Phi) is 5.96. The molecule has 0 aliphatic heterocycles. The molecule has 0 heterocycles. The molecule has 0 unspecified atom stereocenters. The second kappa shape index (κ2) is 8.21. The number of unbranched alkanes of at least 4 members (excludes halogenated alkanes) is 1. The Morgan fingerprint density at radius 3 is 2.48 bits per heavy atom. The quantitative estimate of drug-likeness (QED) is 0.766. The van der Waals surface area contributed by atoms with E-state index >= 15 is 0 Å². The summed E-state index contributed by atoms with van der Waals surface area (Å²) in [6.45, 7) is 2.00. The first-order valence-electron chi connectivity index (χ1n) is 7.25.